The molecule has 0 aliphatic carbocycles. The molecule has 0 saturated carbocycles. The van der Waals surface area contributed by atoms with E-state index in [1.165, 1.54) is 51.4 Å². The summed E-state index contributed by atoms with van der Waals surface area (Å²) in [5.41, 5.74) is 0. The summed E-state index contributed by atoms with van der Waals surface area (Å²) < 4.78 is 0. The molecular weight excluding hydrogens is 155 g/mol. The van der Waals surface area contributed by atoms with Crippen LogP contribution in [-0.2, 0) is 0 Å². The minimum Gasteiger partial charge on any atom is -0.0688 e. The molecule has 0 nitrogen and oxygen atoms in total. The normalized spacial score (nSPS) is 15.6. The molecule has 0 bridgehead atoms. The Kier molecular flexibility index (Phi) is 7.50. The van der Waals surface area contributed by atoms with Crippen molar-refractivity contribution in [3.05, 3.63) is 0 Å². The molecule has 0 aliphatic heterocycles. The summed E-state index contributed by atoms with van der Waals surface area (Å²) in [5, 5.41) is 0.0982. The minimum absolute atomic E-state index is 0.0982. The molecule has 2 radical (unpaired) electrons. The Bertz CT molecular complexity index is 108. The molecule has 0 saturated heterocycles. The SMILES string of the molecule is [B]C(C)(CCC)CCCCCCC. The van der Waals surface area contributed by atoms with Gasteiger partial charge in [-0.2, -0.15) is 0 Å². The monoisotopic (exact) mass is 180 g/mol. The molecule has 0 aromatic rings. The van der Waals surface area contributed by atoms with Crippen molar-refractivity contribution in [2.24, 2.45) is 0 Å². The Morgan fingerprint density at radius 1 is 0.846 bits per heavy atom. The van der Waals surface area contributed by atoms with E-state index in [-0.39, 0.29) is 5.31 Å². The average Bonchev–Trinajstić information content (AvgIpc) is 2.04. The van der Waals surface area contributed by atoms with Crippen molar-refractivity contribution in [1.29, 1.82) is 0 Å². The van der Waals surface area contributed by atoms with Gasteiger partial charge in [-0.3, -0.25) is 0 Å². The van der Waals surface area contributed by atoms with Crippen LogP contribution in [-0.4, -0.2) is 7.85 Å². The van der Waals surface area contributed by atoms with E-state index in [1.54, 1.807) is 0 Å². The summed E-state index contributed by atoms with van der Waals surface area (Å²) in [6, 6.07) is 0. The molecule has 13 heavy (non-hydrogen) atoms. The summed E-state index contributed by atoms with van der Waals surface area (Å²) >= 11 is 0. The van der Waals surface area contributed by atoms with Gasteiger partial charge in [0.2, 0.25) is 0 Å². The van der Waals surface area contributed by atoms with Crippen molar-refractivity contribution in [2.45, 2.75) is 77.5 Å². The van der Waals surface area contributed by atoms with E-state index in [0.29, 0.717) is 0 Å². The molecular formula is C12H25B. The van der Waals surface area contributed by atoms with Crippen LogP contribution >= 0.6 is 0 Å². The van der Waals surface area contributed by atoms with Crippen LogP contribution in [0.15, 0.2) is 0 Å². The van der Waals surface area contributed by atoms with E-state index in [4.69, 9.17) is 7.85 Å². The van der Waals surface area contributed by atoms with Gasteiger partial charge in [-0.1, -0.05) is 77.5 Å². The van der Waals surface area contributed by atoms with E-state index in [0.717, 1.165) is 0 Å². The van der Waals surface area contributed by atoms with Crippen LogP contribution in [0.4, 0.5) is 0 Å². The summed E-state index contributed by atoms with van der Waals surface area (Å²) in [7, 11) is 6.14. The van der Waals surface area contributed by atoms with Gasteiger partial charge in [0.05, 0.1) is 7.85 Å². The number of unbranched alkanes of at least 4 members (excludes halogenated alkanes) is 4. The highest BCUT2D eigenvalue weighted by Gasteiger charge is 2.14. The largest absolute Gasteiger partial charge is 0.0742 e. The van der Waals surface area contributed by atoms with Gasteiger partial charge in [-0.25, -0.2) is 0 Å². The van der Waals surface area contributed by atoms with Gasteiger partial charge < -0.3 is 0 Å². The number of hydrogen-bond donors (Lipinski definition) is 0. The third kappa shape index (κ3) is 8.40. The molecule has 0 aromatic carbocycles. The van der Waals surface area contributed by atoms with E-state index in [2.05, 4.69) is 20.8 Å². The van der Waals surface area contributed by atoms with Crippen LogP contribution in [0.3, 0.4) is 0 Å². The lowest BCUT2D eigenvalue weighted by Gasteiger charge is -2.24. The second-order valence-corrected chi connectivity index (χ2v) is 4.57. The fraction of sp³-hybridized carbons (Fsp3) is 1.00. The van der Waals surface area contributed by atoms with Crippen LogP contribution in [0, 0.1) is 0 Å². The van der Waals surface area contributed by atoms with Crippen LogP contribution in [0.1, 0.15) is 72.1 Å². The lowest BCUT2D eigenvalue weighted by atomic mass is 9.64. The van der Waals surface area contributed by atoms with Crippen LogP contribution < -0.4 is 0 Å². The Morgan fingerprint density at radius 2 is 1.46 bits per heavy atom. The van der Waals surface area contributed by atoms with Gasteiger partial charge in [0.1, 0.15) is 0 Å². The summed E-state index contributed by atoms with van der Waals surface area (Å²) in [6.07, 6.45) is 10.4. The lowest BCUT2D eigenvalue weighted by Crippen LogP contribution is -2.07. The molecule has 0 rings (SSSR count). The first kappa shape index (κ1) is 13.1. The standard InChI is InChI=1S/C12H25B/c1-4-6-7-8-9-11-12(3,13)10-5-2/h4-11H2,1-3H3. The summed E-state index contributed by atoms with van der Waals surface area (Å²) in [6.45, 7) is 6.66. The van der Waals surface area contributed by atoms with Crippen LogP contribution in [0.2, 0.25) is 5.31 Å². The maximum absolute atomic E-state index is 6.14. The second-order valence-electron chi connectivity index (χ2n) is 4.57. The molecule has 0 aromatic heterocycles. The van der Waals surface area contributed by atoms with Crippen LogP contribution in [0.25, 0.3) is 0 Å². The minimum atomic E-state index is 0.0982. The predicted molar refractivity (Wildman–Crippen MR) is 62.4 cm³/mol. The zero-order chi connectivity index (χ0) is 10.2. The lowest BCUT2D eigenvalue weighted by molar-refractivity contribution is 0.473. The maximum Gasteiger partial charge on any atom is 0.0742 e. The topological polar surface area (TPSA) is 0 Å². The Labute approximate surface area is 85.9 Å². The molecule has 0 heterocycles. The first-order valence-electron chi connectivity index (χ1n) is 5.91. The van der Waals surface area contributed by atoms with Gasteiger partial charge in [0, 0.05) is 0 Å². The van der Waals surface area contributed by atoms with Crippen molar-refractivity contribution in [3.63, 3.8) is 0 Å². The molecule has 76 valence electrons. The zero-order valence-electron chi connectivity index (χ0n) is 9.73. The molecule has 0 N–H and O–H groups in total. The number of rotatable bonds is 8. The van der Waals surface area contributed by atoms with Gasteiger partial charge in [0.15, 0.2) is 0 Å². The first-order chi connectivity index (χ1) is 6.12. The van der Waals surface area contributed by atoms with Gasteiger partial charge in [0.25, 0.3) is 0 Å². The van der Waals surface area contributed by atoms with Gasteiger partial charge in [-0.15, -0.1) is 0 Å². The molecule has 0 aliphatic rings. The third-order valence-corrected chi connectivity index (χ3v) is 2.67. The quantitative estimate of drug-likeness (QED) is 0.381. The van der Waals surface area contributed by atoms with Crippen molar-refractivity contribution >= 4 is 7.85 Å². The Hall–Kier alpha value is 0.0649. The van der Waals surface area contributed by atoms with E-state index >= 15 is 0 Å². The van der Waals surface area contributed by atoms with E-state index < -0.39 is 0 Å². The Balaban J connectivity index is 3.29. The zero-order valence-corrected chi connectivity index (χ0v) is 9.73. The molecule has 1 heteroatoms. The molecule has 0 amide bonds. The molecule has 0 spiro atoms. The summed E-state index contributed by atoms with van der Waals surface area (Å²) in [4.78, 5) is 0. The molecule has 1 unspecified atom stereocenters. The van der Waals surface area contributed by atoms with Crippen molar-refractivity contribution in [2.75, 3.05) is 0 Å². The fourth-order valence-electron chi connectivity index (χ4n) is 1.83. The van der Waals surface area contributed by atoms with Crippen molar-refractivity contribution in [3.8, 4) is 0 Å². The third-order valence-electron chi connectivity index (χ3n) is 2.67. The van der Waals surface area contributed by atoms with Gasteiger partial charge >= 0.3 is 0 Å². The first-order valence-corrected chi connectivity index (χ1v) is 5.91. The fourth-order valence-corrected chi connectivity index (χ4v) is 1.83. The van der Waals surface area contributed by atoms with Crippen LogP contribution in [0.5, 0.6) is 0 Å². The van der Waals surface area contributed by atoms with Crippen molar-refractivity contribution < 1.29 is 0 Å². The molecule has 0 fully saturated rings. The second kappa shape index (κ2) is 7.47. The van der Waals surface area contributed by atoms with E-state index in [1.807, 2.05) is 0 Å². The van der Waals surface area contributed by atoms with E-state index in [9.17, 15) is 0 Å². The number of hydrogen-bond acceptors (Lipinski definition) is 0. The average molecular weight is 180 g/mol. The Morgan fingerprint density at radius 3 is 2.00 bits per heavy atom. The highest BCUT2D eigenvalue weighted by molar-refractivity contribution is 6.14. The predicted octanol–water partition coefficient (Wildman–Crippen LogP) is 4.49. The smallest absolute Gasteiger partial charge is 0.0688 e. The highest BCUT2D eigenvalue weighted by Crippen LogP contribution is 2.33. The summed E-state index contributed by atoms with van der Waals surface area (Å²) in [5.74, 6) is 0. The highest BCUT2D eigenvalue weighted by atomic mass is 14.1. The molecule has 1 atom stereocenters. The van der Waals surface area contributed by atoms with Gasteiger partial charge in [-0.05, 0) is 0 Å². The maximum atomic E-state index is 6.14. The van der Waals surface area contributed by atoms with Crippen molar-refractivity contribution in [1.82, 2.24) is 0 Å².